The fourth-order valence-electron chi connectivity index (χ4n) is 2.35. The second-order valence-electron chi connectivity index (χ2n) is 5.64. The molecule has 0 aromatic heterocycles. The topological polar surface area (TPSA) is 49.4 Å². The van der Waals surface area contributed by atoms with Gasteiger partial charge in [-0.25, -0.2) is 8.78 Å². The van der Waals surface area contributed by atoms with E-state index in [-0.39, 0.29) is 18.8 Å². The molecule has 21 heavy (non-hydrogen) atoms. The number of rotatable bonds is 6. The van der Waals surface area contributed by atoms with E-state index >= 15 is 0 Å². The van der Waals surface area contributed by atoms with Gasteiger partial charge < -0.3 is 10.2 Å². The lowest BCUT2D eigenvalue weighted by molar-refractivity contribution is -0.170. The zero-order valence-electron chi connectivity index (χ0n) is 12.2. The molecule has 2 amide bonds. The first-order valence-electron chi connectivity index (χ1n) is 6.87. The lowest BCUT2D eigenvalue weighted by atomic mass is 9.97. The summed E-state index contributed by atoms with van der Waals surface area (Å²) in [6.07, 6.45) is -3.51. The molecule has 1 rings (SSSR count). The molecule has 1 aliphatic rings. The second-order valence-corrected chi connectivity index (χ2v) is 5.64. The van der Waals surface area contributed by atoms with Gasteiger partial charge in [0.2, 0.25) is 11.8 Å². The maximum absolute atomic E-state index is 13.3. The van der Waals surface area contributed by atoms with Crippen molar-refractivity contribution in [1.82, 2.24) is 10.2 Å². The normalized spacial score (nSPS) is 24.0. The number of halogens is 4. The van der Waals surface area contributed by atoms with Crippen LogP contribution >= 0.6 is 0 Å². The Morgan fingerprint density at radius 1 is 1.29 bits per heavy atom. The minimum absolute atomic E-state index is 0.0508. The largest absolute Gasteiger partial charge is 0.342 e. The molecule has 1 aliphatic heterocycles. The average molecular weight is 312 g/mol. The molecule has 0 radical (unpaired) electrons. The molecule has 1 N–H and O–H groups in total. The third-order valence-corrected chi connectivity index (χ3v) is 3.37. The first-order chi connectivity index (χ1) is 9.60. The van der Waals surface area contributed by atoms with E-state index in [1.807, 2.05) is 13.8 Å². The highest BCUT2D eigenvalue weighted by Gasteiger charge is 2.48. The SMILES string of the molecule is CCC1C(=O)NC(CC(C)C)C(=O)N1CC(F)(F)C(F)F. The van der Waals surface area contributed by atoms with Crippen molar-refractivity contribution < 1.29 is 27.2 Å². The maximum atomic E-state index is 13.3. The molecule has 122 valence electrons. The molecule has 2 atom stereocenters. The Bertz CT molecular complexity index is 402. The summed E-state index contributed by atoms with van der Waals surface area (Å²) in [5.74, 6) is -5.58. The molecule has 0 aromatic carbocycles. The fraction of sp³-hybridized carbons (Fsp3) is 0.846. The van der Waals surface area contributed by atoms with Crippen molar-refractivity contribution in [3.8, 4) is 0 Å². The minimum atomic E-state index is -4.33. The monoisotopic (exact) mass is 312 g/mol. The Hall–Kier alpha value is -1.34. The van der Waals surface area contributed by atoms with Gasteiger partial charge in [-0.1, -0.05) is 20.8 Å². The first kappa shape index (κ1) is 17.7. The Morgan fingerprint density at radius 2 is 1.86 bits per heavy atom. The summed E-state index contributed by atoms with van der Waals surface area (Å²) in [5.41, 5.74) is 0. The Kier molecular flexibility index (Phi) is 5.58. The van der Waals surface area contributed by atoms with Crippen LogP contribution in [0.15, 0.2) is 0 Å². The number of carbonyl (C=O) groups is 2. The van der Waals surface area contributed by atoms with Crippen molar-refractivity contribution in [3.63, 3.8) is 0 Å². The van der Waals surface area contributed by atoms with Gasteiger partial charge in [0.1, 0.15) is 12.1 Å². The number of hydrogen-bond acceptors (Lipinski definition) is 2. The van der Waals surface area contributed by atoms with Gasteiger partial charge in [-0.2, -0.15) is 8.78 Å². The summed E-state index contributed by atoms with van der Waals surface area (Å²) < 4.78 is 51.2. The van der Waals surface area contributed by atoms with Crippen LogP contribution < -0.4 is 5.32 Å². The summed E-state index contributed by atoms with van der Waals surface area (Å²) in [4.78, 5) is 24.7. The molecule has 0 bridgehead atoms. The van der Waals surface area contributed by atoms with Crippen molar-refractivity contribution in [2.75, 3.05) is 6.54 Å². The van der Waals surface area contributed by atoms with Gasteiger partial charge in [-0.05, 0) is 18.8 Å². The van der Waals surface area contributed by atoms with E-state index in [9.17, 15) is 27.2 Å². The van der Waals surface area contributed by atoms with Crippen LogP contribution in [0.5, 0.6) is 0 Å². The van der Waals surface area contributed by atoms with E-state index in [1.54, 1.807) is 0 Å². The minimum Gasteiger partial charge on any atom is -0.342 e. The molecule has 1 heterocycles. The van der Waals surface area contributed by atoms with Crippen molar-refractivity contribution in [3.05, 3.63) is 0 Å². The summed E-state index contributed by atoms with van der Waals surface area (Å²) in [6.45, 7) is 3.71. The standard InChI is InChI=1S/C13H20F4N2O2/c1-4-9-10(20)18-8(5-7(2)3)11(21)19(9)6-13(16,17)12(14)15/h7-9,12H,4-6H2,1-3H3,(H,18,20). The molecule has 4 nitrogen and oxygen atoms in total. The lowest BCUT2D eigenvalue weighted by Gasteiger charge is -2.40. The number of nitrogens with zero attached hydrogens (tertiary/aromatic N) is 1. The van der Waals surface area contributed by atoms with Crippen LogP contribution in [0.1, 0.15) is 33.6 Å². The Morgan fingerprint density at radius 3 is 2.29 bits per heavy atom. The summed E-state index contributed by atoms with van der Waals surface area (Å²) in [7, 11) is 0. The van der Waals surface area contributed by atoms with E-state index in [2.05, 4.69) is 5.32 Å². The Balaban J connectivity index is 2.98. The van der Waals surface area contributed by atoms with Gasteiger partial charge in [-0.15, -0.1) is 0 Å². The molecule has 8 heteroatoms. The predicted octanol–water partition coefficient (Wildman–Crippen LogP) is 2.04. The van der Waals surface area contributed by atoms with Crippen LogP contribution in [0.25, 0.3) is 0 Å². The van der Waals surface area contributed by atoms with Gasteiger partial charge in [0.05, 0.1) is 6.54 Å². The molecule has 0 aromatic rings. The van der Waals surface area contributed by atoms with E-state index in [4.69, 9.17) is 0 Å². The van der Waals surface area contributed by atoms with Gasteiger partial charge >= 0.3 is 12.3 Å². The zero-order valence-corrected chi connectivity index (χ0v) is 12.2. The number of carbonyl (C=O) groups excluding carboxylic acids is 2. The molecule has 1 fully saturated rings. The average Bonchev–Trinajstić information content (AvgIpc) is 2.34. The van der Waals surface area contributed by atoms with Crippen LogP contribution in [0, 0.1) is 5.92 Å². The molecular weight excluding hydrogens is 292 g/mol. The van der Waals surface area contributed by atoms with E-state index < -0.39 is 42.8 Å². The van der Waals surface area contributed by atoms with E-state index in [0.717, 1.165) is 0 Å². The van der Waals surface area contributed by atoms with Crippen LogP contribution in [0.2, 0.25) is 0 Å². The lowest BCUT2D eigenvalue weighted by Crippen LogP contribution is -2.65. The predicted molar refractivity (Wildman–Crippen MR) is 68.1 cm³/mol. The van der Waals surface area contributed by atoms with Gasteiger partial charge in [0, 0.05) is 0 Å². The number of hydrogen-bond donors (Lipinski definition) is 1. The van der Waals surface area contributed by atoms with Crippen molar-refractivity contribution in [2.24, 2.45) is 5.92 Å². The third kappa shape index (κ3) is 4.07. The molecule has 0 spiro atoms. The summed E-state index contributed by atoms with van der Waals surface area (Å²) in [6, 6.07) is -2.07. The number of nitrogens with one attached hydrogen (secondary N) is 1. The highest BCUT2D eigenvalue weighted by Crippen LogP contribution is 2.27. The summed E-state index contributed by atoms with van der Waals surface area (Å²) in [5, 5.41) is 2.48. The van der Waals surface area contributed by atoms with Gasteiger partial charge in [0.25, 0.3) is 0 Å². The highest BCUT2D eigenvalue weighted by molar-refractivity contribution is 5.97. The van der Waals surface area contributed by atoms with Gasteiger partial charge in [0.15, 0.2) is 0 Å². The quantitative estimate of drug-likeness (QED) is 0.763. The number of alkyl halides is 4. The van der Waals surface area contributed by atoms with Crippen LogP contribution in [0.3, 0.4) is 0 Å². The smallest absolute Gasteiger partial charge is 0.324 e. The second kappa shape index (κ2) is 6.62. The highest BCUT2D eigenvalue weighted by atomic mass is 19.3. The first-order valence-corrected chi connectivity index (χ1v) is 6.87. The fourth-order valence-corrected chi connectivity index (χ4v) is 2.35. The molecule has 1 saturated heterocycles. The summed E-state index contributed by atoms with van der Waals surface area (Å²) >= 11 is 0. The molecule has 0 saturated carbocycles. The van der Waals surface area contributed by atoms with E-state index in [1.165, 1.54) is 6.92 Å². The maximum Gasteiger partial charge on any atom is 0.324 e. The molecular formula is C13H20F4N2O2. The van der Waals surface area contributed by atoms with E-state index in [0.29, 0.717) is 4.90 Å². The molecule has 2 unspecified atom stereocenters. The third-order valence-electron chi connectivity index (χ3n) is 3.37. The number of amides is 2. The van der Waals surface area contributed by atoms with Crippen LogP contribution in [0.4, 0.5) is 17.6 Å². The van der Waals surface area contributed by atoms with Crippen LogP contribution in [-0.4, -0.2) is 47.7 Å². The number of piperazine rings is 1. The zero-order chi connectivity index (χ0) is 16.4. The van der Waals surface area contributed by atoms with Crippen molar-refractivity contribution in [1.29, 1.82) is 0 Å². The van der Waals surface area contributed by atoms with Crippen molar-refractivity contribution >= 4 is 11.8 Å². The van der Waals surface area contributed by atoms with Crippen molar-refractivity contribution in [2.45, 2.75) is 58.0 Å². The molecule has 0 aliphatic carbocycles. The Labute approximate surface area is 120 Å². The van der Waals surface area contributed by atoms with Gasteiger partial charge in [-0.3, -0.25) is 9.59 Å². The van der Waals surface area contributed by atoms with Crippen LogP contribution in [-0.2, 0) is 9.59 Å².